The van der Waals surface area contributed by atoms with E-state index < -0.39 is 34.0 Å². The zero-order chi connectivity index (χ0) is 20.5. The van der Waals surface area contributed by atoms with E-state index in [0.29, 0.717) is 0 Å². The van der Waals surface area contributed by atoms with E-state index in [1.165, 1.54) is 31.2 Å². The molecule has 1 N–H and O–H groups in total. The summed E-state index contributed by atoms with van der Waals surface area (Å²) >= 11 is 0. The molecule has 0 spiro atoms. The van der Waals surface area contributed by atoms with Crippen LogP contribution in [0.4, 0.5) is 19.3 Å². The lowest BCUT2D eigenvalue weighted by molar-refractivity contribution is -0.384. The Hall–Kier alpha value is -3.56. The number of benzene rings is 2. The van der Waals surface area contributed by atoms with Crippen molar-refractivity contribution < 1.29 is 28.0 Å². The average Bonchev–Trinajstić information content (AvgIpc) is 2.87. The highest BCUT2D eigenvalue weighted by Crippen LogP contribution is 2.31. The number of carbonyl (C=O) groups excluding carboxylic acids is 2. The fourth-order valence-corrected chi connectivity index (χ4v) is 2.90. The first-order valence-corrected chi connectivity index (χ1v) is 8.19. The minimum Gasteiger partial charge on any atom is -0.491 e. The van der Waals surface area contributed by atoms with Crippen LogP contribution in [0.15, 0.2) is 42.5 Å². The maximum Gasteiger partial charge on any atom is 0.325 e. The predicted octanol–water partition coefficient (Wildman–Crippen LogP) is 2.72. The zero-order valence-electron chi connectivity index (χ0n) is 14.6. The Morgan fingerprint density at radius 1 is 1.21 bits per heavy atom. The lowest BCUT2D eigenvalue weighted by atomic mass is 9.91. The predicted molar refractivity (Wildman–Crippen MR) is 92.5 cm³/mol. The van der Waals surface area contributed by atoms with Gasteiger partial charge in [-0.1, -0.05) is 6.07 Å². The molecule has 0 bridgehead atoms. The van der Waals surface area contributed by atoms with E-state index in [2.05, 4.69) is 5.32 Å². The second-order valence-electron chi connectivity index (χ2n) is 6.24. The van der Waals surface area contributed by atoms with Crippen LogP contribution in [0.2, 0.25) is 0 Å². The molecule has 0 unspecified atom stereocenters. The number of nitrogens with zero attached hydrogens (tertiary/aromatic N) is 2. The van der Waals surface area contributed by atoms with Crippen LogP contribution < -0.4 is 10.1 Å². The Kier molecular flexibility index (Phi) is 4.95. The van der Waals surface area contributed by atoms with Gasteiger partial charge < -0.3 is 10.1 Å². The zero-order valence-corrected chi connectivity index (χ0v) is 14.6. The van der Waals surface area contributed by atoms with Crippen molar-refractivity contribution in [2.75, 3.05) is 13.2 Å². The van der Waals surface area contributed by atoms with E-state index in [9.17, 15) is 28.5 Å². The monoisotopic (exact) mass is 391 g/mol. The summed E-state index contributed by atoms with van der Waals surface area (Å²) in [6.45, 7) is 0.967. The normalized spacial score (nSPS) is 18.9. The molecule has 8 nitrogen and oxygen atoms in total. The summed E-state index contributed by atoms with van der Waals surface area (Å²) in [6, 6.07) is 7.30. The molecule has 2 aromatic rings. The molecule has 2 aromatic carbocycles. The van der Waals surface area contributed by atoms with Gasteiger partial charge in [0.15, 0.2) is 0 Å². The van der Waals surface area contributed by atoms with Crippen LogP contribution in [-0.2, 0) is 10.3 Å². The van der Waals surface area contributed by atoms with Gasteiger partial charge in [0.05, 0.1) is 17.5 Å². The average molecular weight is 391 g/mol. The molecule has 1 aliphatic heterocycles. The number of carbonyl (C=O) groups is 2. The van der Waals surface area contributed by atoms with Crippen LogP contribution in [0.1, 0.15) is 12.5 Å². The lowest BCUT2D eigenvalue weighted by Gasteiger charge is -2.22. The van der Waals surface area contributed by atoms with Crippen molar-refractivity contribution in [1.29, 1.82) is 0 Å². The van der Waals surface area contributed by atoms with Gasteiger partial charge in [0.2, 0.25) is 0 Å². The number of nitro benzene ring substituents is 1. The van der Waals surface area contributed by atoms with Gasteiger partial charge >= 0.3 is 6.03 Å². The van der Waals surface area contributed by atoms with Gasteiger partial charge in [0.1, 0.15) is 29.5 Å². The molecular weight excluding hydrogens is 376 g/mol. The largest absolute Gasteiger partial charge is 0.491 e. The van der Waals surface area contributed by atoms with Crippen molar-refractivity contribution in [2.24, 2.45) is 0 Å². The first-order chi connectivity index (χ1) is 13.2. The number of hydrogen-bond donors (Lipinski definition) is 1. The Bertz CT molecular complexity index is 968. The van der Waals surface area contributed by atoms with Crippen molar-refractivity contribution in [3.05, 3.63) is 69.8 Å². The number of nitrogens with one attached hydrogen (secondary N) is 1. The molecule has 28 heavy (non-hydrogen) atoms. The van der Waals surface area contributed by atoms with Crippen molar-refractivity contribution in [1.82, 2.24) is 10.2 Å². The van der Waals surface area contributed by atoms with Gasteiger partial charge in [-0.3, -0.25) is 19.8 Å². The summed E-state index contributed by atoms with van der Waals surface area (Å²) in [7, 11) is 0. The van der Waals surface area contributed by atoms with E-state index in [0.717, 1.165) is 23.1 Å². The standard InChI is InChI=1S/C18H15F2N3O5/c1-18(14-9-11(19)5-6-15(14)20)16(24)22(17(25)21-18)7-8-28-13-4-2-3-12(10-13)23(26)27/h2-6,9-10H,7-8H2,1H3,(H,21,25)/t18-/m1/s1. The fraction of sp³-hybridized carbons (Fsp3) is 0.222. The SMILES string of the molecule is C[C@]1(c2cc(F)ccc2F)NC(=O)N(CCOc2cccc([N+](=O)[O-])c2)C1=O. The summed E-state index contributed by atoms with van der Waals surface area (Å²) < 4.78 is 33.0. The molecule has 3 rings (SSSR count). The van der Waals surface area contributed by atoms with Crippen LogP contribution in [-0.4, -0.2) is 34.9 Å². The summed E-state index contributed by atoms with van der Waals surface area (Å²) in [5.74, 6) is -2.13. The highest BCUT2D eigenvalue weighted by Gasteiger charge is 2.50. The topological polar surface area (TPSA) is 102 Å². The summed E-state index contributed by atoms with van der Waals surface area (Å²) in [6.07, 6.45) is 0. The molecule has 0 radical (unpaired) electrons. The van der Waals surface area contributed by atoms with Crippen LogP contribution in [0.5, 0.6) is 5.75 Å². The fourth-order valence-electron chi connectivity index (χ4n) is 2.90. The highest BCUT2D eigenvalue weighted by atomic mass is 19.1. The summed E-state index contributed by atoms with van der Waals surface area (Å²) in [5.41, 5.74) is -2.20. The molecule has 1 heterocycles. The molecule has 146 valence electrons. The minimum atomic E-state index is -1.76. The van der Waals surface area contributed by atoms with Gasteiger partial charge in [0.25, 0.3) is 11.6 Å². The summed E-state index contributed by atoms with van der Waals surface area (Å²) in [4.78, 5) is 35.9. The van der Waals surface area contributed by atoms with Gasteiger partial charge in [-0.05, 0) is 31.2 Å². The molecule has 1 aliphatic rings. The smallest absolute Gasteiger partial charge is 0.325 e. The van der Waals surface area contributed by atoms with Gasteiger partial charge in [-0.25, -0.2) is 13.6 Å². The number of hydrogen-bond acceptors (Lipinski definition) is 5. The van der Waals surface area contributed by atoms with Gasteiger partial charge in [-0.2, -0.15) is 0 Å². The second-order valence-corrected chi connectivity index (χ2v) is 6.24. The number of urea groups is 1. The van der Waals surface area contributed by atoms with Crippen molar-refractivity contribution in [3.63, 3.8) is 0 Å². The van der Waals surface area contributed by atoms with E-state index >= 15 is 0 Å². The molecule has 0 aliphatic carbocycles. The lowest BCUT2D eigenvalue weighted by Crippen LogP contribution is -2.42. The first kappa shape index (κ1) is 19.2. The molecule has 10 heteroatoms. The van der Waals surface area contributed by atoms with E-state index in [4.69, 9.17) is 4.74 Å². The number of nitro groups is 1. The Labute approximate surface area is 157 Å². The molecule has 1 saturated heterocycles. The molecule has 1 fully saturated rings. The van der Waals surface area contributed by atoms with Gasteiger partial charge in [0, 0.05) is 11.6 Å². The third kappa shape index (κ3) is 3.48. The van der Waals surface area contributed by atoms with Crippen LogP contribution in [0.3, 0.4) is 0 Å². The highest BCUT2D eigenvalue weighted by molar-refractivity contribution is 6.07. The van der Waals surface area contributed by atoms with Crippen LogP contribution in [0, 0.1) is 21.7 Å². The van der Waals surface area contributed by atoms with E-state index in [1.807, 2.05) is 0 Å². The number of imide groups is 1. The maximum absolute atomic E-state index is 14.1. The number of non-ortho nitro benzene ring substituents is 1. The molecule has 3 amide bonds. The quantitative estimate of drug-likeness (QED) is 0.463. The Morgan fingerprint density at radius 3 is 2.68 bits per heavy atom. The second kappa shape index (κ2) is 7.22. The van der Waals surface area contributed by atoms with Crippen molar-refractivity contribution in [2.45, 2.75) is 12.5 Å². The molecule has 0 aromatic heterocycles. The van der Waals surface area contributed by atoms with Gasteiger partial charge in [-0.15, -0.1) is 0 Å². The Balaban J connectivity index is 1.71. The number of ether oxygens (including phenoxy) is 1. The third-order valence-corrected chi connectivity index (χ3v) is 4.35. The first-order valence-electron chi connectivity index (χ1n) is 8.19. The molecule has 1 atom stereocenters. The number of rotatable bonds is 6. The van der Waals surface area contributed by atoms with Crippen LogP contribution >= 0.6 is 0 Å². The van der Waals surface area contributed by atoms with Crippen molar-refractivity contribution >= 4 is 17.6 Å². The molecule has 0 saturated carbocycles. The van der Waals surface area contributed by atoms with E-state index in [-0.39, 0.29) is 30.2 Å². The van der Waals surface area contributed by atoms with Crippen molar-refractivity contribution in [3.8, 4) is 5.75 Å². The van der Waals surface area contributed by atoms with Crippen LogP contribution in [0.25, 0.3) is 0 Å². The third-order valence-electron chi connectivity index (χ3n) is 4.35. The summed E-state index contributed by atoms with van der Waals surface area (Å²) in [5, 5.41) is 13.1. The van der Waals surface area contributed by atoms with E-state index in [1.54, 1.807) is 0 Å². The Morgan fingerprint density at radius 2 is 1.96 bits per heavy atom. The molecular formula is C18H15F2N3O5. The number of amides is 3. The minimum absolute atomic E-state index is 0.137. The maximum atomic E-state index is 14.1. The number of halogens is 2.